The van der Waals surface area contributed by atoms with E-state index in [9.17, 15) is 4.79 Å². The van der Waals surface area contributed by atoms with Crippen LogP contribution in [0.5, 0.6) is 5.75 Å². The van der Waals surface area contributed by atoms with Gasteiger partial charge in [0.15, 0.2) is 0 Å². The lowest BCUT2D eigenvalue weighted by Gasteiger charge is -2.44. The van der Waals surface area contributed by atoms with Gasteiger partial charge in [0.25, 0.3) is 0 Å². The van der Waals surface area contributed by atoms with Gasteiger partial charge in [-0.25, -0.2) is 4.79 Å². The second kappa shape index (κ2) is 9.58. The van der Waals surface area contributed by atoms with Crippen LogP contribution in [0.4, 0.5) is 4.79 Å². The second-order valence-corrected chi connectivity index (χ2v) is 7.78. The first kappa shape index (κ1) is 20.8. The summed E-state index contributed by atoms with van der Waals surface area (Å²) in [7, 11) is 2.15. The molecule has 5 nitrogen and oxygen atoms in total. The van der Waals surface area contributed by atoms with Crippen molar-refractivity contribution < 1.29 is 14.4 Å². The summed E-state index contributed by atoms with van der Waals surface area (Å²) >= 11 is 0. The van der Waals surface area contributed by atoms with E-state index in [0.717, 1.165) is 5.71 Å². The lowest BCUT2D eigenvalue weighted by Crippen LogP contribution is -2.42. The normalized spacial score (nSPS) is 22.8. The van der Waals surface area contributed by atoms with Gasteiger partial charge in [0.2, 0.25) is 0 Å². The second-order valence-electron chi connectivity index (χ2n) is 7.78. The Hall–Kier alpha value is -3.44. The highest BCUT2D eigenvalue weighted by Crippen LogP contribution is 2.42. The fraction of sp³-hybridized carbons (Fsp3) is 0.231. The third-order valence-corrected chi connectivity index (χ3v) is 5.84. The molecule has 158 valence electrons. The van der Waals surface area contributed by atoms with Gasteiger partial charge in [-0.3, -0.25) is 9.74 Å². The molecule has 0 spiro atoms. The zero-order valence-corrected chi connectivity index (χ0v) is 17.7. The van der Waals surface area contributed by atoms with Crippen molar-refractivity contribution in [1.29, 1.82) is 0 Å². The zero-order valence-electron chi connectivity index (χ0n) is 17.7. The molecule has 0 saturated carbocycles. The summed E-state index contributed by atoms with van der Waals surface area (Å²) in [6.07, 6.45) is -0.166. The van der Waals surface area contributed by atoms with Gasteiger partial charge in [-0.1, -0.05) is 90.9 Å². The van der Waals surface area contributed by atoms with Gasteiger partial charge in [0, 0.05) is 24.4 Å². The molecule has 0 bridgehead atoms. The minimum Gasteiger partial charge on any atom is -0.393 e. The van der Waals surface area contributed by atoms with Gasteiger partial charge in [-0.15, -0.1) is 0 Å². The first-order chi connectivity index (χ1) is 15.1. The van der Waals surface area contributed by atoms with Gasteiger partial charge in [0.05, 0.1) is 5.71 Å². The molecular formula is C26H26N2O3. The van der Waals surface area contributed by atoms with Crippen molar-refractivity contribution in [2.75, 3.05) is 7.05 Å². The predicted octanol–water partition coefficient (Wildman–Crippen LogP) is 6.01. The highest BCUT2D eigenvalue weighted by molar-refractivity contribution is 5.89. The summed E-state index contributed by atoms with van der Waals surface area (Å²) < 4.78 is 5.21. The van der Waals surface area contributed by atoms with Crippen LogP contribution in [0, 0.1) is 5.92 Å². The fourth-order valence-corrected chi connectivity index (χ4v) is 4.28. The zero-order chi connectivity index (χ0) is 21.6. The molecule has 3 aromatic rings. The summed E-state index contributed by atoms with van der Waals surface area (Å²) in [4.78, 5) is 19.7. The largest absolute Gasteiger partial charge is 0.540 e. The molecule has 1 fully saturated rings. The molecule has 1 heterocycles. The van der Waals surface area contributed by atoms with E-state index in [-0.39, 0.29) is 18.0 Å². The van der Waals surface area contributed by atoms with Crippen molar-refractivity contribution in [2.24, 2.45) is 11.1 Å². The summed E-state index contributed by atoms with van der Waals surface area (Å²) in [6.45, 7) is 2.13. The number of carbonyl (C=O) groups is 1. The molecule has 0 aromatic heterocycles. The van der Waals surface area contributed by atoms with Crippen LogP contribution < -0.4 is 4.74 Å². The van der Waals surface area contributed by atoms with Gasteiger partial charge >= 0.3 is 6.16 Å². The Morgan fingerprint density at radius 2 is 1.42 bits per heavy atom. The summed E-state index contributed by atoms with van der Waals surface area (Å²) in [5, 5.41) is 4.26. The van der Waals surface area contributed by atoms with E-state index in [1.165, 1.54) is 11.1 Å². The number of para-hydroxylation sites is 1. The number of hydrogen-bond donors (Lipinski definition) is 0. The number of benzene rings is 3. The van der Waals surface area contributed by atoms with Crippen LogP contribution in [-0.2, 0) is 4.84 Å². The number of carbonyl (C=O) groups excluding carboxylic acids is 1. The Labute approximate surface area is 182 Å². The molecule has 3 atom stereocenters. The number of piperidine rings is 1. The molecule has 3 unspecified atom stereocenters. The minimum atomic E-state index is -0.836. The van der Waals surface area contributed by atoms with Crippen molar-refractivity contribution in [3.63, 3.8) is 0 Å². The number of oxime groups is 1. The average molecular weight is 415 g/mol. The number of nitrogens with zero attached hydrogens (tertiary/aromatic N) is 2. The van der Waals surface area contributed by atoms with E-state index in [4.69, 9.17) is 9.57 Å². The molecule has 0 aliphatic carbocycles. The molecule has 5 heteroatoms. The highest BCUT2D eigenvalue weighted by atomic mass is 16.8. The maximum absolute atomic E-state index is 12.2. The van der Waals surface area contributed by atoms with Crippen molar-refractivity contribution in [3.05, 3.63) is 102 Å². The van der Waals surface area contributed by atoms with Crippen molar-refractivity contribution in [3.8, 4) is 5.75 Å². The summed E-state index contributed by atoms with van der Waals surface area (Å²) in [5.41, 5.74) is 3.25. The molecule has 0 radical (unpaired) electrons. The van der Waals surface area contributed by atoms with E-state index < -0.39 is 6.16 Å². The van der Waals surface area contributed by atoms with Crippen molar-refractivity contribution in [2.45, 2.75) is 25.4 Å². The van der Waals surface area contributed by atoms with Gasteiger partial charge < -0.3 is 4.74 Å². The molecule has 4 rings (SSSR count). The fourth-order valence-electron chi connectivity index (χ4n) is 4.28. The Morgan fingerprint density at radius 1 is 0.871 bits per heavy atom. The Bertz CT molecular complexity index is 1020. The van der Waals surface area contributed by atoms with Crippen molar-refractivity contribution >= 4 is 11.9 Å². The molecule has 1 aliphatic heterocycles. The predicted molar refractivity (Wildman–Crippen MR) is 121 cm³/mol. The number of rotatable bonds is 4. The molecule has 0 N–H and O–H groups in total. The maximum atomic E-state index is 12.2. The summed E-state index contributed by atoms with van der Waals surface area (Å²) in [6, 6.07) is 29.8. The number of ether oxygens (including phenoxy) is 1. The monoisotopic (exact) mass is 414 g/mol. The highest BCUT2D eigenvalue weighted by Gasteiger charge is 2.38. The minimum absolute atomic E-state index is 0.0666. The first-order valence-electron chi connectivity index (χ1n) is 10.5. The smallest absolute Gasteiger partial charge is 0.393 e. The summed E-state index contributed by atoms with van der Waals surface area (Å²) in [5.74, 6) is 0.491. The van der Waals surface area contributed by atoms with E-state index in [0.29, 0.717) is 12.2 Å². The van der Waals surface area contributed by atoms with Gasteiger partial charge in [-0.05, 0) is 30.3 Å². The van der Waals surface area contributed by atoms with Crippen LogP contribution in [0.25, 0.3) is 0 Å². The molecule has 1 aliphatic rings. The first-order valence-corrected chi connectivity index (χ1v) is 10.5. The molecular weight excluding hydrogens is 388 g/mol. The van der Waals surface area contributed by atoms with E-state index >= 15 is 0 Å². The molecule has 31 heavy (non-hydrogen) atoms. The Morgan fingerprint density at radius 3 is 2.03 bits per heavy atom. The third kappa shape index (κ3) is 4.84. The standard InChI is InChI=1S/C26H26N2O3/c1-19-23(27-31-26(29)30-22-16-10-5-11-17-22)18-24(20-12-6-3-7-13-20)28(2)25(19)21-14-8-4-9-15-21/h3-17,19,24-25H,18H2,1-2H3/b27-23+. The van der Waals surface area contributed by atoms with Crippen LogP contribution in [0.15, 0.2) is 96.2 Å². The number of likely N-dealkylation sites (tertiary alicyclic amines) is 1. The van der Waals surface area contributed by atoms with Gasteiger partial charge in [0.1, 0.15) is 5.75 Å². The molecule has 3 aromatic carbocycles. The lowest BCUT2D eigenvalue weighted by atomic mass is 9.80. The maximum Gasteiger partial charge on any atom is 0.540 e. The van der Waals surface area contributed by atoms with Crippen LogP contribution in [-0.4, -0.2) is 23.8 Å². The lowest BCUT2D eigenvalue weighted by molar-refractivity contribution is 0.0946. The molecule has 1 saturated heterocycles. The van der Waals surface area contributed by atoms with Crippen LogP contribution in [0.3, 0.4) is 0 Å². The van der Waals surface area contributed by atoms with E-state index in [2.05, 4.69) is 48.3 Å². The number of hydrogen-bond acceptors (Lipinski definition) is 5. The molecule has 0 amide bonds. The van der Waals surface area contributed by atoms with Crippen molar-refractivity contribution in [1.82, 2.24) is 4.90 Å². The topological polar surface area (TPSA) is 51.1 Å². The van der Waals surface area contributed by atoms with E-state index in [1.807, 2.05) is 42.5 Å². The third-order valence-electron chi connectivity index (χ3n) is 5.84. The van der Waals surface area contributed by atoms with Crippen LogP contribution in [0.2, 0.25) is 0 Å². The quantitative estimate of drug-likeness (QED) is 0.227. The van der Waals surface area contributed by atoms with E-state index in [1.54, 1.807) is 24.3 Å². The average Bonchev–Trinajstić information content (AvgIpc) is 2.80. The van der Waals surface area contributed by atoms with Crippen LogP contribution in [0.1, 0.15) is 36.6 Å². The Balaban J connectivity index is 1.59. The van der Waals surface area contributed by atoms with Gasteiger partial charge in [-0.2, -0.15) is 0 Å². The Kier molecular flexibility index (Phi) is 6.43. The SMILES string of the molecule is CC1/C(=N/OC(=O)Oc2ccccc2)CC(c2ccccc2)N(C)C1c1ccccc1. The van der Waals surface area contributed by atoms with Crippen LogP contribution >= 0.6 is 0 Å².